The number of carbonyl (C=O) groups is 1. The predicted octanol–water partition coefficient (Wildman–Crippen LogP) is 6.08. The fourth-order valence-corrected chi connectivity index (χ4v) is 4.57. The van der Waals surface area contributed by atoms with Gasteiger partial charge in [-0.1, -0.05) is 99.3 Å². The second-order valence-corrected chi connectivity index (χ2v) is 10.7. The molecule has 0 aliphatic rings. The molecule has 0 aliphatic heterocycles. The Labute approximate surface area is 228 Å². The largest absolute Gasteiger partial charge is 0.489 e. The molecule has 0 aliphatic carbocycles. The zero-order valence-corrected chi connectivity index (χ0v) is 23.0. The highest BCUT2D eigenvalue weighted by atomic mass is 32.2. The van der Waals surface area contributed by atoms with Gasteiger partial charge in [0.2, 0.25) is 0 Å². The van der Waals surface area contributed by atoms with Crippen LogP contribution in [0.1, 0.15) is 44.4 Å². The molecule has 1 heterocycles. The van der Waals surface area contributed by atoms with Crippen LogP contribution in [0.15, 0.2) is 89.1 Å². The first-order chi connectivity index (χ1) is 18.3. The Hall–Kier alpha value is -3.91. The lowest BCUT2D eigenvalue weighted by atomic mass is 9.87. The predicted molar refractivity (Wildman–Crippen MR) is 154 cm³/mol. The molecule has 8 heteroatoms. The van der Waals surface area contributed by atoms with Crippen molar-refractivity contribution in [3.63, 3.8) is 0 Å². The van der Waals surface area contributed by atoms with Crippen molar-refractivity contribution >= 4 is 23.9 Å². The second kappa shape index (κ2) is 12.6. The van der Waals surface area contributed by atoms with E-state index in [0.717, 1.165) is 28.3 Å². The Morgan fingerprint density at radius 1 is 1.03 bits per heavy atom. The van der Waals surface area contributed by atoms with Crippen molar-refractivity contribution in [3.8, 4) is 17.1 Å². The van der Waals surface area contributed by atoms with Crippen LogP contribution in [0, 0.1) is 0 Å². The van der Waals surface area contributed by atoms with Crippen LogP contribution in [0.2, 0.25) is 0 Å². The number of ether oxygens (including phenoxy) is 1. The summed E-state index contributed by atoms with van der Waals surface area (Å²) in [6, 6.07) is 26.0. The topological polar surface area (TPSA) is 81.4 Å². The molecular weight excluding hydrogens is 494 g/mol. The van der Waals surface area contributed by atoms with Crippen LogP contribution in [-0.4, -0.2) is 32.6 Å². The minimum atomic E-state index is -0.218. The van der Waals surface area contributed by atoms with E-state index in [4.69, 9.17) is 4.74 Å². The van der Waals surface area contributed by atoms with Crippen LogP contribution in [-0.2, 0) is 23.4 Å². The molecule has 4 aromatic rings. The first kappa shape index (κ1) is 27.1. The average molecular weight is 528 g/mol. The molecule has 0 atom stereocenters. The van der Waals surface area contributed by atoms with Crippen molar-refractivity contribution < 1.29 is 9.53 Å². The number of rotatable bonds is 10. The molecule has 7 nitrogen and oxygen atoms in total. The number of hydrazone groups is 1. The van der Waals surface area contributed by atoms with Gasteiger partial charge in [0.25, 0.3) is 5.91 Å². The minimum Gasteiger partial charge on any atom is -0.489 e. The van der Waals surface area contributed by atoms with E-state index in [2.05, 4.69) is 65.8 Å². The number of nitrogens with zero attached hydrogens (tertiary/aromatic N) is 4. The van der Waals surface area contributed by atoms with Gasteiger partial charge in [0.15, 0.2) is 11.0 Å². The summed E-state index contributed by atoms with van der Waals surface area (Å²) in [4.78, 5) is 12.4. The molecule has 0 saturated heterocycles. The number of benzene rings is 3. The van der Waals surface area contributed by atoms with E-state index in [9.17, 15) is 4.79 Å². The molecule has 0 bridgehead atoms. The lowest BCUT2D eigenvalue weighted by molar-refractivity contribution is -0.118. The molecule has 0 fully saturated rings. The molecule has 0 saturated carbocycles. The molecule has 1 N–H and O–H groups in total. The van der Waals surface area contributed by atoms with E-state index in [1.807, 2.05) is 66.1 Å². The van der Waals surface area contributed by atoms with Gasteiger partial charge in [-0.2, -0.15) is 5.10 Å². The van der Waals surface area contributed by atoms with E-state index in [0.29, 0.717) is 18.3 Å². The van der Waals surface area contributed by atoms with Gasteiger partial charge in [-0.05, 0) is 41.2 Å². The summed E-state index contributed by atoms with van der Waals surface area (Å²) in [5, 5.41) is 13.5. The van der Waals surface area contributed by atoms with Crippen molar-refractivity contribution in [2.24, 2.45) is 5.10 Å². The Morgan fingerprint density at radius 3 is 2.50 bits per heavy atom. The molecule has 3 aromatic carbocycles. The van der Waals surface area contributed by atoms with Crippen molar-refractivity contribution in [3.05, 3.63) is 95.6 Å². The number of hydrogen-bond donors (Lipinski definition) is 1. The maximum atomic E-state index is 12.4. The second-order valence-electron chi connectivity index (χ2n) is 9.81. The van der Waals surface area contributed by atoms with Crippen LogP contribution in [0.5, 0.6) is 5.75 Å². The maximum Gasteiger partial charge on any atom is 0.250 e. The highest BCUT2D eigenvalue weighted by molar-refractivity contribution is 7.99. The molecule has 4 rings (SSSR count). The third-order valence-electron chi connectivity index (χ3n) is 5.88. The molecule has 0 spiro atoms. The normalized spacial score (nSPS) is 11.6. The summed E-state index contributed by atoms with van der Waals surface area (Å²) in [5.41, 5.74) is 6.87. The van der Waals surface area contributed by atoms with Crippen molar-refractivity contribution in [2.75, 3.05) is 5.75 Å². The van der Waals surface area contributed by atoms with Gasteiger partial charge in [-0.25, -0.2) is 5.43 Å². The van der Waals surface area contributed by atoms with Crippen LogP contribution in [0.4, 0.5) is 0 Å². The van der Waals surface area contributed by atoms with Gasteiger partial charge >= 0.3 is 0 Å². The average Bonchev–Trinajstić information content (AvgIpc) is 3.34. The Kier molecular flexibility index (Phi) is 8.97. The first-order valence-electron chi connectivity index (χ1n) is 12.6. The summed E-state index contributed by atoms with van der Waals surface area (Å²) in [7, 11) is 0. The van der Waals surface area contributed by atoms with E-state index in [1.54, 1.807) is 6.21 Å². The van der Waals surface area contributed by atoms with E-state index in [-0.39, 0.29) is 17.1 Å². The molecule has 0 radical (unpaired) electrons. The number of aromatic nitrogens is 3. The highest BCUT2D eigenvalue weighted by Gasteiger charge is 2.17. The van der Waals surface area contributed by atoms with Crippen molar-refractivity contribution in [2.45, 2.75) is 51.4 Å². The van der Waals surface area contributed by atoms with Crippen LogP contribution in [0.3, 0.4) is 0 Å². The fourth-order valence-electron chi connectivity index (χ4n) is 3.78. The quantitative estimate of drug-likeness (QED) is 0.153. The van der Waals surface area contributed by atoms with Crippen molar-refractivity contribution in [1.29, 1.82) is 0 Å². The SMILES string of the molecule is CCn1c(SCC(=O)N/N=C\c2cccc(OCc3ccccc3)c2)nnc1-c1ccc(C(C)(C)C)cc1. The summed E-state index contributed by atoms with van der Waals surface area (Å²) in [5.74, 6) is 1.49. The summed E-state index contributed by atoms with van der Waals surface area (Å²) in [6.07, 6.45) is 1.60. The molecule has 0 unspecified atom stereocenters. The van der Waals surface area contributed by atoms with Gasteiger partial charge in [-0.15, -0.1) is 10.2 Å². The summed E-state index contributed by atoms with van der Waals surface area (Å²) < 4.78 is 7.88. The van der Waals surface area contributed by atoms with Gasteiger partial charge < -0.3 is 9.30 Å². The third kappa shape index (κ3) is 7.32. The van der Waals surface area contributed by atoms with Gasteiger partial charge in [-0.3, -0.25) is 4.79 Å². The van der Waals surface area contributed by atoms with E-state index < -0.39 is 0 Å². The molecule has 1 aromatic heterocycles. The number of hydrogen-bond acceptors (Lipinski definition) is 6. The number of carbonyl (C=O) groups excluding carboxylic acids is 1. The Morgan fingerprint density at radius 2 is 1.79 bits per heavy atom. The number of amides is 1. The zero-order valence-electron chi connectivity index (χ0n) is 22.2. The Balaban J connectivity index is 1.30. The summed E-state index contributed by atoms with van der Waals surface area (Å²) in [6.45, 7) is 9.82. The lowest BCUT2D eigenvalue weighted by Gasteiger charge is -2.19. The maximum absolute atomic E-state index is 12.4. The zero-order chi connectivity index (χ0) is 27.0. The minimum absolute atomic E-state index is 0.0900. The highest BCUT2D eigenvalue weighted by Crippen LogP contribution is 2.27. The van der Waals surface area contributed by atoms with Gasteiger partial charge in [0.1, 0.15) is 12.4 Å². The molecular formula is C30H33N5O2S. The van der Waals surface area contributed by atoms with Crippen LogP contribution < -0.4 is 10.2 Å². The van der Waals surface area contributed by atoms with E-state index in [1.165, 1.54) is 17.3 Å². The van der Waals surface area contributed by atoms with Crippen LogP contribution in [0.25, 0.3) is 11.4 Å². The van der Waals surface area contributed by atoms with Gasteiger partial charge in [0, 0.05) is 12.1 Å². The monoisotopic (exact) mass is 527 g/mol. The van der Waals surface area contributed by atoms with Crippen molar-refractivity contribution in [1.82, 2.24) is 20.2 Å². The first-order valence-corrected chi connectivity index (χ1v) is 13.6. The molecule has 196 valence electrons. The number of nitrogens with one attached hydrogen (secondary N) is 1. The third-order valence-corrected chi connectivity index (χ3v) is 6.85. The van der Waals surface area contributed by atoms with E-state index >= 15 is 0 Å². The molecule has 38 heavy (non-hydrogen) atoms. The van der Waals surface area contributed by atoms with Crippen LogP contribution >= 0.6 is 11.8 Å². The van der Waals surface area contributed by atoms with Gasteiger partial charge in [0.05, 0.1) is 12.0 Å². The lowest BCUT2D eigenvalue weighted by Crippen LogP contribution is -2.20. The Bertz CT molecular complexity index is 1380. The standard InChI is InChI=1S/C30H33N5O2S/c1-5-35-28(24-14-16-25(17-15-24)30(2,3)4)33-34-29(35)38-21-27(36)32-31-19-23-12-9-13-26(18-23)37-20-22-10-7-6-8-11-22/h6-19H,5,20-21H2,1-4H3,(H,32,36)/b31-19-. The number of thioether (sulfide) groups is 1. The molecule has 1 amide bonds. The smallest absolute Gasteiger partial charge is 0.250 e. The fraction of sp³-hybridized carbons (Fsp3) is 0.267. The summed E-state index contributed by atoms with van der Waals surface area (Å²) >= 11 is 1.34.